The average molecular weight is 325 g/mol. The fourth-order valence-electron chi connectivity index (χ4n) is 1.10. The summed E-state index contributed by atoms with van der Waals surface area (Å²) in [5.41, 5.74) is 0. The Morgan fingerprint density at radius 3 is 2.12 bits per heavy atom. The Bertz CT molecular complexity index is 214. The van der Waals surface area contributed by atoms with E-state index >= 15 is 0 Å². The molecule has 0 saturated heterocycles. The maximum absolute atomic E-state index is 5.78. The van der Waals surface area contributed by atoms with Gasteiger partial charge in [-0.15, -0.1) is 13.2 Å². The molecule has 0 aliphatic heterocycles. The molecule has 0 rings (SSSR count). The van der Waals surface area contributed by atoms with Crippen molar-refractivity contribution in [3.05, 3.63) is 25.3 Å². The Hall–Kier alpha value is 0.0169. The minimum atomic E-state index is -2.74. The molecule has 6 heteroatoms. The summed E-state index contributed by atoms with van der Waals surface area (Å²) in [6.07, 6.45) is 2.98. The van der Waals surface area contributed by atoms with E-state index in [1.807, 2.05) is 6.92 Å². The van der Waals surface area contributed by atoms with E-state index in [9.17, 15) is 0 Å². The highest BCUT2D eigenvalue weighted by Crippen LogP contribution is 2.19. The molecule has 1 unspecified atom stereocenters. The second-order valence-corrected chi connectivity index (χ2v) is 6.71. The van der Waals surface area contributed by atoms with Gasteiger partial charge in [-0.1, -0.05) is 28.1 Å². The first-order chi connectivity index (χ1) is 8.14. The van der Waals surface area contributed by atoms with Gasteiger partial charge < -0.3 is 18.0 Å². The van der Waals surface area contributed by atoms with Crippen molar-refractivity contribution in [2.24, 2.45) is 0 Å². The summed E-state index contributed by atoms with van der Waals surface area (Å²) in [6, 6.07) is 0.669. The third kappa shape index (κ3) is 7.12. The van der Waals surface area contributed by atoms with Gasteiger partial charge in [0, 0.05) is 18.5 Å². The number of hydrogen-bond donors (Lipinski definition) is 0. The second-order valence-electron chi connectivity index (χ2n) is 3.24. The molecular weight excluding hydrogens is 304 g/mol. The minimum Gasteiger partial charge on any atom is -0.370 e. The van der Waals surface area contributed by atoms with Crippen LogP contribution in [0.3, 0.4) is 0 Å². The molecule has 0 amide bonds. The van der Waals surface area contributed by atoms with Gasteiger partial charge in [-0.25, -0.2) is 0 Å². The van der Waals surface area contributed by atoms with E-state index in [1.165, 1.54) is 0 Å². The summed E-state index contributed by atoms with van der Waals surface area (Å²) in [5, 5.41) is 0.740. The Labute approximate surface area is 113 Å². The van der Waals surface area contributed by atoms with Gasteiger partial charge >= 0.3 is 8.80 Å². The summed E-state index contributed by atoms with van der Waals surface area (Å²) in [6.45, 7) is 9.85. The van der Waals surface area contributed by atoms with E-state index in [1.54, 1.807) is 19.3 Å². The SMILES string of the molecule is C=CCO[Si](CCBr)(OCC=C)OC(C)OC. The highest BCUT2D eigenvalue weighted by atomic mass is 79.9. The fourth-order valence-corrected chi connectivity index (χ4v) is 4.76. The average Bonchev–Trinajstić information content (AvgIpc) is 2.34. The normalized spacial score (nSPS) is 13.4. The van der Waals surface area contributed by atoms with Crippen molar-refractivity contribution in [1.82, 2.24) is 0 Å². The number of ether oxygens (including phenoxy) is 1. The van der Waals surface area contributed by atoms with E-state index in [-0.39, 0.29) is 6.29 Å². The zero-order chi connectivity index (χ0) is 13.1. The lowest BCUT2D eigenvalue weighted by atomic mass is 10.7. The molecule has 100 valence electrons. The molecule has 0 radical (unpaired) electrons. The van der Waals surface area contributed by atoms with Crippen molar-refractivity contribution in [3.8, 4) is 0 Å². The van der Waals surface area contributed by atoms with Gasteiger partial charge in [-0.3, -0.25) is 0 Å². The first-order valence-corrected chi connectivity index (χ1v) is 8.45. The lowest BCUT2D eigenvalue weighted by molar-refractivity contribution is -0.0862. The van der Waals surface area contributed by atoms with Crippen molar-refractivity contribution in [2.45, 2.75) is 19.3 Å². The van der Waals surface area contributed by atoms with Crippen LogP contribution in [0.5, 0.6) is 0 Å². The molecule has 0 aromatic heterocycles. The molecule has 17 heavy (non-hydrogen) atoms. The third-order valence-corrected chi connectivity index (χ3v) is 5.82. The smallest absolute Gasteiger partial charge is 0.370 e. The Balaban J connectivity index is 4.65. The molecule has 1 atom stereocenters. The molecule has 0 saturated carbocycles. The van der Waals surface area contributed by atoms with Gasteiger partial charge in [-0.05, 0) is 6.92 Å². The number of hydrogen-bond acceptors (Lipinski definition) is 4. The molecule has 0 fully saturated rings. The largest absolute Gasteiger partial charge is 0.504 e. The van der Waals surface area contributed by atoms with Crippen LogP contribution >= 0.6 is 15.9 Å². The Morgan fingerprint density at radius 1 is 1.24 bits per heavy atom. The molecule has 0 aromatic carbocycles. The quantitative estimate of drug-likeness (QED) is 0.253. The summed E-state index contributed by atoms with van der Waals surface area (Å²) in [4.78, 5) is 0. The lowest BCUT2D eigenvalue weighted by Crippen LogP contribution is -2.48. The van der Waals surface area contributed by atoms with Gasteiger partial charge in [0.05, 0.1) is 13.2 Å². The third-order valence-electron chi connectivity index (χ3n) is 1.92. The second kappa shape index (κ2) is 9.99. The van der Waals surface area contributed by atoms with Crippen LogP contribution < -0.4 is 0 Å². The van der Waals surface area contributed by atoms with Crippen LogP contribution in [0.25, 0.3) is 0 Å². The number of rotatable bonds is 11. The Kier molecular flexibility index (Phi) is 10.00. The highest BCUT2D eigenvalue weighted by molar-refractivity contribution is 9.09. The van der Waals surface area contributed by atoms with Crippen molar-refractivity contribution in [2.75, 3.05) is 25.7 Å². The molecule has 0 N–H and O–H groups in total. The van der Waals surface area contributed by atoms with Gasteiger partial charge in [0.2, 0.25) is 0 Å². The van der Waals surface area contributed by atoms with Crippen molar-refractivity contribution in [1.29, 1.82) is 0 Å². The summed E-state index contributed by atoms with van der Waals surface area (Å²) in [5.74, 6) is 0. The first kappa shape index (κ1) is 17.0. The molecule has 0 aliphatic rings. The molecule has 0 bridgehead atoms. The molecular formula is C11H21BrO4Si. The molecule has 4 nitrogen and oxygen atoms in total. The predicted octanol–water partition coefficient (Wildman–Crippen LogP) is 2.73. The van der Waals surface area contributed by atoms with Crippen molar-refractivity contribution < 1.29 is 18.0 Å². The van der Waals surface area contributed by atoms with Crippen molar-refractivity contribution in [3.63, 3.8) is 0 Å². The molecule has 0 aromatic rings. The zero-order valence-corrected chi connectivity index (χ0v) is 13.1. The monoisotopic (exact) mass is 324 g/mol. The molecule has 0 heterocycles. The van der Waals surface area contributed by atoms with Gasteiger partial charge in [0.1, 0.15) is 6.29 Å². The molecule has 0 spiro atoms. The highest BCUT2D eigenvalue weighted by Gasteiger charge is 2.42. The van der Waals surface area contributed by atoms with Crippen LogP contribution in [-0.4, -0.2) is 40.7 Å². The van der Waals surface area contributed by atoms with Gasteiger partial charge in [-0.2, -0.15) is 0 Å². The number of alkyl halides is 1. The summed E-state index contributed by atoms with van der Waals surface area (Å²) >= 11 is 3.38. The van der Waals surface area contributed by atoms with Crippen LogP contribution in [0.1, 0.15) is 6.92 Å². The first-order valence-electron chi connectivity index (χ1n) is 5.40. The Morgan fingerprint density at radius 2 is 1.76 bits per heavy atom. The van der Waals surface area contributed by atoms with Crippen LogP contribution in [0, 0.1) is 0 Å². The topological polar surface area (TPSA) is 36.9 Å². The maximum Gasteiger partial charge on any atom is 0.504 e. The van der Waals surface area contributed by atoms with Crippen LogP contribution in [0.2, 0.25) is 6.04 Å². The number of methoxy groups -OCH3 is 1. The standard InChI is InChI=1S/C11H21BrO4Si/c1-5-8-14-17(10-7-12,15-9-6-2)16-11(3)13-4/h5-6,11H,1-2,7-10H2,3-4H3. The lowest BCUT2D eigenvalue weighted by Gasteiger charge is -2.30. The van der Waals surface area contributed by atoms with E-state index in [0.29, 0.717) is 19.3 Å². The van der Waals surface area contributed by atoms with Crippen LogP contribution in [-0.2, 0) is 18.0 Å². The maximum atomic E-state index is 5.78. The predicted molar refractivity (Wildman–Crippen MR) is 74.2 cm³/mol. The van der Waals surface area contributed by atoms with E-state index in [2.05, 4.69) is 29.1 Å². The zero-order valence-electron chi connectivity index (χ0n) is 10.5. The van der Waals surface area contributed by atoms with Crippen LogP contribution in [0.15, 0.2) is 25.3 Å². The van der Waals surface area contributed by atoms with E-state index in [0.717, 1.165) is 5.33 Å². The minimum absolute atomic E-state index is 0.365. The summed E-state index contributed by atoms with van der Waals surface area (Å²) < 4.78 is 22.3. The van der Waals surface area contributed by atoms with Gasteiger partial charge in [0.15, 0.2) is 0 Å². The van der Waals surface area contributed by atoms with Gasteiger partial charge in [0.25, 0.3) is 0 Å². The number of halogens is 1. The van der Waals surface area contributed by atoms with E-state index in [4.69, 9.17) is 18.0 Å². The molecule has 0 aliphatic carbocycles. The van der Waals surface area contributed by atoms with E-state index < -0.39 is 8.80 Å². The summed E-state index contributed by atoms with van der Waals surface area (Å²) in [7, 11) is -1.15. The van der Waals surface area contributed by atoms with Crippen molar-refractivity contribution >= 4 is 24.7 Å². The van der Waals surface area contributed by atoms with Crippen LogP contribution in [0.4, 0.5) is 0 Å². The fraction of sp³-hybridized carbons (Fsp3) is 0.636.